The minimum Gasteiger partial charge on any atom is -0.336 e. The molecule has 0 spiro atoms. The van der Waals surface area contributed by atoms with Gasteiger partial charge in [0.15, 0.2) is 5.65 Å². The maximum absolute atomic E-state index is 13.0. The van der Waals surface area contributed by atoms with Gasteiger partial charge in [-0.3, -0.25) is 9.59 Å². The Bertz CT molecular complexity index is 987. The van der Waals surface area contributed by atoms with Crippen LogP contribution in [0.15, 0.2) is 48.8 Å². The van der Waals surface area contributed by atoms with Crippen LogP contribution < -0.4 is 0 Å². The van der Waals surface area contributed by atoms with Crippen LogP contribution in [0.25, 0.3) is 5.65 Å². The first-order valence-electron chi connectivity index (χ1n) is 9.93. The summed E-state index contributed by atoms with van der Waals surface area (Å²) in [6, 6.07) is 10.8. The van der Waals surface area contributed by atoms with Crippen LogP contribution in [-0.4, -0.2) is 43.8 Å². The molecular formula is C22H24N4O2. The number of fused-ring (bicyclic) bond motifs is 1. The predicted molar refractivity (Wildman–Crippen MR) is 106 cm³/mol. The van der Waals surface area contributed by atoms with Gasteiger partial charge in [0.05, 0.1) is 6.20 Å². The van der Waals surface area contributed by atoms with E-state index in [1.165, 1.54) is 30.0 Å². The lowest BCUT2D eigenvalue weighted by molar-refractivity contribution is 0.0647. The zero-order valence-electron chi connectivity index (χ0n) is 16.0. The predicted octanol–water partition coefficient (Wildman–Crippen LogP) is 3.76. The van der Waals surface area contributed by atoms with Crippen molar-refractivity contribution < 1.29 is 9.59 Å². The maximum Gasteiger partial charge on any atom is 0.254 e. The molecule has 2 aromatic heterocycles. The quantitative estimate of drug-likeness (QED) is 0.636. The molecule has 4 rings (SSSR count). The molecule has 0 atom stereocenters. The van der Waals surface area contributed by atoms with Gasteiger partial charge in [0.2, 0.25) is 5.78 Å². The van der Waals surface area contributed by atoms with E-state index in [-0.39, 0.29) is 11.7 Å². The Morgan fingerprint density at radius 3 is 2.50 bits per heavy atom. The molecule has 3 aromatic rings. The summed E-state index contributed by atoms with van der Waals surface area (Å²) in [4.78, 5) is 32.0. The van der Waals surface area contributed by atoms with Gasteiger partial charge in [0.1, 0.15) is 5.69 Å². The normalized spacial score (nSPS) is 14.9. The fourth-order valence-electron chi connectivity index (χ4n) is 4.02. The molecule has 0 radical (unpaired) electrons. The summed E-state index contributed by atoms with van der Waals surface area (Å²) in [5, 5.41) is 4.19. The Balaban J connectivity index is 1.54. The van der Waals surface area contributed by atoms with Crippen molar-refractivity contribution >= 4 is 17.3 Å². The molecule has 0 saturated heterocycles. The Kier molecular flexibility index (Phi) is 5.19. The van der Waals surface area contributed by atoms with Gasteiger partial charge in [-0.25, -0.2) is 9.50 Å². The van der Waals surface area contributed by atoms with Crippen LogP contribution in [0.2, 0.25) is 0 Å². The highest BCUT2D eigenvalue weighted by molar-refractivity contribution is 6.08. The van der Waals surface area contributed by atoms with Crippen molar-refractivity contribution in [2.45, 2.75) is 45.1 Å². The summed E-state index contributed by atoms with van der Waals surface area (Å²) in [6.07, 6.45) is 8.96. The zero-order valence-corrected chi connectivity index (χ0v) is 16.0. The number of imidazole rings is 1. The van der Waals surface area contributed by atoms with Crippen molar-refractivity contribution in [2.24, 2.45) is 0 Å². The van der Waals surface area contributed by atoms with Crippen LogP contribution in [0.3, 0.4) is 0 Å². The topological polar surface area (TPSA) is 67.6 Å². The largest absolute Gasteiger partial charge is 0.336 e. The molecule has 0 unspecified atom stereocenters. The number of rotatable bonds is 5. The Hall–Kier alpha value is -3.02. The van der Waals surface area contributed by atoms with E-state index >= 15 is 0 Å². The van der Waals surface area contributed by atoms with Crippen LogP contribution in [0.5, 0.6) is 0 Å². The molecule has 1 aliphatic carbocycles. The number of carbonyl (C=O) groups is 2. The highest BCUT2D eigenvalue weighted by Crippen LogP contribution is 2.24. The van der Waals surface area contributed by atoms with E-state index < -0.39 is 0 Å². The van der Waals surface area contributed by atoms with Crippen molar-refractivity contribution in [2.75, 3.05) is 6.54 Å². The third-order valence-electron chi connectivity index (χ3n) is 5.52. The summed E-state index contributed by atoms with van der Waals surface area (Å²) < 4.78 is 1.53. The zero-order chi connectivity index (χ0) is 19.5. The molecule has 28 heavy (non-hydrogen) atoms. The molecular weight excluding hydrogens is 352 g/mol. The van der Waals surface area contributed by atoms with E-state index in [0.29, 0.717) is 35.1 Å². The second kappa shape index (κ2) is 7.92. The molecule has 2 heterocycles. The lowest BCUT2D eigenvalue weighted by atomic mass is 9.93. The molecule has 0 bridgehead atoms. The van der Waals surface area contributed by atoms with E-state index in [1.54, 1.807) is 42.6 Å². The first-order chi connectivity index (χ1) is 13.7. The lowest BCUT2D eigenvalue weighted by Crippen LogP contribution is -2.41. The number of benzene rings is 1. The fourth-order valence-corrected chi connectivity index (χ4v) is 4.02. The van der Waals surface area contributed by atoms with Gasteiger partial charge < -0.3 is 4.90 Å². The number of carbonyl (C=O) groups excluding carboxylic acids is 2. The highest BCUT2D eigenvalue weighted by atomic mass is 16.2. The highest BCUT2D eigenvalue weighted by Gasteiger charge is 2.25. The fraction of sp³-hybridized carbons (Fsp3) is 0.364. The molecule has 144 valence electrons. The second-order valence-corrected chi connectivity index (χ2v) is 7.23. The maximum atomic E-state index is 13.0. The van der Waals surface area contributed by atoms with Crippen molar-refractivity contribution in [3.05, 3.63) is 65.6 Å². The van der Waals surface area contributed by atoms with Crippen LogP contribution in [0, 0.1) is 0 Å². The minimum absolute atomic E-state index is 0.0462. The van der Waals surface area contributed by atoms with Crippen molar-refractivity contribution in [1.82, 2.24) is 19.5 Å². The average Bonchev–Trinajstić information content (AvgIpc) is 3.19. The number of aromatic nitrogens is 3. The summed E-state index contributed by atoms with van der Waals surface area (Å²) in [7, 11) is 0. The van der Waals surface area contributed by atoms with E-state index in [4.69, 9.17) is 0 Å². The molecule has 6 nitrogen and oxygen atoms in total. The van der Waals surface area contributed by atoms with Gasteiger partial charge in [0, 0.05) is 29.9 Å². The first-order valence-corrected chi connectivity index (χ1v) is 9.93. The third kappa shape index (κ3) is 3.42. The Morgan fingerprint density at radius 2 is 1.79 bits per heavy atom. The van der Waals surface area contributed by atoms with E-state index in [9.17, 15) is 9.59 Å². The van der Waals surface area contributed by atoms with Crippen molar-refractivity contribution in [3.8, 4) is 0 Å². The van der Waals surface area contributed by atoms with Crippen molar-refractivity contribution in [3.63, 3.8) is 0 Å². The molecule has 1 aliphatic rings. The van der Waals surface area contributed by atoms with Gasteiger partial charge in [0.25, 0.3) is 5.91 Å². The average molecular weight is 376 g/mol. The van der Waals surface area contributed by atoms with E-state index in [2.05, 4.69) is 10.1 Å². The number of nitrogens with zero attached hydrogens (tertiary/aromatic N) is 4. The molecule has 1 aromatic carbocycles. The van der Waals surface area contributed by atoms with Crippen LogP contribution in [-0.2, 0) is 0 Å². The van der Waals surface area contributed by atoms with Gasteiger partial charge >= 0.3 is 0 Å². The number of hydrogen-bond donors (Lipinski definition) is 0. The van der Waals surface area contributed by atoms with Gasteiger partial charge in [-0.15, -0.1) is 0 Å². The third-order valence-corrected chi connectivity index (χ3v) is 5.52. The minimum atomic E-state index is -0.162. The first kappa shape index (κ1) is 18.3. The smallest absolute Gasteiger partial charge is 0.254 e. The van der Waals surface area contributed by atoms with Crippen molar-refractivity contribution in [1.29, 1.82) is 0 Å². The standard InChI is InChI=1S/C22H24N4O2/c1-2-25(18-7-4-3-5-8-18)22(28)17-12-10-16(11-13-17)21(27)19-15-23-20-9-6-14-24-26(19)20/h6,9-15,18H,2-5,7-8H2,1H3. The molecule has 6 heteroatoms. The number of hydrogen-bond acceptors (Lipinski definition) is 4. The Labute approximate surface area is 164 Å². The SMILES string of the molecule is CCN(C(=O)c1ccc(C(=O)c2cnc3cccnn23)cc1)C1CCCCC1. The van der Waals surface area contributed by atoms with Gasteiger partial charge in [-0.1, -0.05) is 31.4 Å². The van der Waals surface area contributed by atoms with E-state index in [0.717, 1.165) is 12.8 Å². The lowest BCUT2D eigenvalue weighted by Gasteiger charge is -2.33. The van der Waals surface area contributed by atoms with Crippen LogP contribution in [0.4, 0.5) is 0 Å². The molecule has 1 amide bonds. The monoisotopic (exact) mass is 376 g/mol. The number of amides is 1. The summed E-state index contributed by atoms with van der Waals surface area (Å²) in [6.45, 7) is 2.74. The number of ketones is 1. The van der Waals surface area contributed by atoms with E-state index in [1.807, 2.05) is 11.8 Å². The summed E-state index contributed by atoms with van der Waals surface area (Å²) in [5.41, 5.74) is 2.18. The van der Waals surface area contributed by atoms with Gasteiger partial charge in [-0.2, -0.15) is 5.10 Å². The second-order valence-electron chi connectivity index (χ2n) is 7.23. The Morgan fingerprint density at radius 1 is 1.07 bits per heavy atom. The van der Waals surface area contributed by atoms with Crippen LogP contribution in [0.1, 0.15) is 65.4 Å². The molecule has 1 saturated carbocycles. The summed E-state index contributed by atoms with van der Waals surface area (Å²) in [5.74, 6) is -0.116. The molecule has 0 N–H and O–H groups in total. The molecule has 1 fully saturated rings. The van der Waals surface area contributed by atoms with Gasteiger partial charge in [-0.05, 0) is 44.0 Å². The summed E-state index contributed by atoms with van der Waals surface area (Å²) >= 11 is 0. The van der Waals surface area contributed by atoms with Crippen LogP contribution >= 0.6 is 0 Å². The molecule has 0 aliphatic heterocycles.